The van der Waals surface area contributed by atoms with Gasteiger partial charge in [0.05, 0.1) is 0 Å². The van der Waals surface area contributed by atoms with Crippen molar-refractivity contribution in [1.82, 2.24) is 0 Å². The van der Waals surface area contributed by atoms with Crippen LogP contribution in [-0.4, -0.2) is 0 Å². The van der Waals surface area contributed by atoms with Crippen LogP contribution in [0.25, 0.3) is 33.4 Å². The summed E-state index contributed by atoms with van der Waals surface area (Å²) in [5.41, 5.74) is 22.1. The maximum atomic E-state index is 7.03. The summed E-state index contributed by atoms with van der Waals surface area (Å²) >= 11 is 0. The average molecular weight is 733 g/mol. The van der Waals surface area contributed by atoms with Gasteiger partial charge in [0.25, 0.3) is 0 Å². The second-order valence-corrected chi connectivity index (χ2v) is 18.7. The Morgan fingerprint density at radius 3 is 1.66 bits per heavy atom. The highest BCUT2D eigenvalue weighted by molar-refractivity contribution is 5.86. The van der Waals surface area contributed by atoms with E-state index in [4.69, 9.17) is 4.74 Å². The Morgan fingerprint density at radius 2 is 1.02 bits per heavy atom. The minimum Gasteiger partial charge on any atom is -0.456 e. The monoisotopic (exact) mass is 732 g/mol. The highest BCUT2D eigenvalue weighted by Gasteiger charge is 2.38. The summed E-state index contributed by atoms with van der Waals surface area (Å²) < 4.78 is 7.03. The Morgan fingerprint density at radius 1 is 0.500 bits per heavy atom. The number of hydrogen-bond acceptors (Lipinski definition) is 1. The van der Waals surface area contributed by atoms with Crippen molar-refractivity contribution in [1.29, 1.82) is 0 Å². The molecule has 6 aromatic carbocycles. The van der Waals surface area contributed by atoms with Crippen LogP contribution in [0.5, 0.6) is 11.5 Å². The lowest BCUT2D eigenvalue weighted by Crippen LogP contribution is -2.28. The molecule has 4 aliphatic rings. The number of ether oxygens (including phenoxy) is 1. The van der Waals surface area contributed by atoms with Crippen LogP contribution >= 0.6 is 0 Å². The van der Waals surface area contributed by atoms with Gasteiger partial charge < -0.3 is 4.74 Å². The third-order valence-corrected chi connectivity index (χ3v) is 14.6. The SMILES string of the molecule is Cc1ccc(-c2c(C3CCCC3)ccc3c2Cc2ccccc2C3(C)C)cc1-c1cc(-c2c(C3CCCC3)ccc3c2Oc2ccccc2C3(C)C)ccc1C. The zero-order valence-electron chi connectivity index (χ0n) is 34.3. The molecule has 0 bridgehead atoms. The number of benzene rings is 6. The third kappa shape index (κ3) is 5.55. The van der Waals surface area contributed by atoms with Crippen LogP contribution < -0.4 is 4.74 Å². The van der Waals surface area contributed by atoms with Gasteiger partial charge in [-0.15, -0.1) is 0 Å². The van der Waals surface area contributed by atoms with Crippen molar-refractivity contribution in [2.45, 2.75) is 122 Å². The smallest absolute Gasteiger partial charge is 0.139 e. The van der Waals surface area contributed by atoms with E-state index in [2.05, 4.69) is 151 Å². The fourth-order valence-electron chi connectivity index (χ4n) is 11.5. The molecule has 1 aliphatic heterocycles. The quantitative estimate of drug-likeness (QED) is 0.171. The highest BCUT2D eigenvalue weighted by atomic mass is 16.5. The minimum absolute atomic E-state index is 0.0470. The van der Waals surface area contributed by atoms with Gasteiger partial charge in [0.15, 0.2) is 0 Å². The van der Waals surface area contributed by atoms with Crippen molar-refractivity contribution in [2.24, 2.45) is 0 Å². The molecule has 1 heterocycles. The summed E-state index contributed by atoms with van der Waals surface area (Å²) in [6.45, 7) is 14.2. The van der Waals surface area contributed by atoms with Crippen molar-refractivity contribution >= 4 is 0 Å². The Balaban J connectivity index is 1.16. The van der Waals surface area contributed by atoms with Gasteiger partial charge >= 0.3 is 0 Å². The van der Waals surface area contributed by atoms with Gasteiger partial charge in [0.2, 0.25) is 0 Å². The van der Waals surface area contributed by atoms with Crippen LogP contribution in [0.4, 0.5) is 0 Å². The van der Waals surface area contributed by atoms with Crippen molar-refractivity contribution < 1.29 is 4.74 Å². The first-order chi connectivity index (χ1) is 27.1. The van der Waals surface area contributed by atoms with Gasteiger partial charge in [-0.1, -0.05) is 144 Å². The Hall–Kier alpha value is -4.88. The normalized spacial score (nSPS) is 18.2. The lowest BCUT2D eigenvalue weighted by Gasteiger charge is -2.37. The average Bonchev–Trinajstić information content (AvgIpc) is 3.94. The molecule has 0 atom stereocenters. The van der Waals surface area contributed by atoms with E-state index in [0.717, 1.165) is 17.9 Å². The van der Waals surface area contributed by atoms with Crippen molar-refractivity contribution in [3.8, 4) is 44.9 Å². The predicted molar refractivity (Wildman–Crippen MR) is 235 cm³/mol. The summed E-state index contributed by atoms with van der Waals surface area (Å²) in [7, 11) is 0. The van der Waals surface area contributed by atoms with Crippen molar-refractivity contribution in [2.75, 3.05) is 0 Å². The molecule has 56 heavy (non-hydrogen) atoms. The molecule has 0 N–H and O–H groups in total. The lowest BCUT2D eigenvalue weighted by atomic mass is 9.66. The molecule has 10 rings (SSSR count). The first kappa shape index (κ1) is 35.5. The van der Waals surface area contributed by atoms with E-state index in [9.17, 15) is 0 Å². The maximum absolute atomic E-state index is 7.03. The zero-order chi connectivity index (χ0) is 38.3. The molecule has 0 aromatic heterocycles. The summed E-state index contributed by atoms with van der Waals surface area (Å²) in [6.07, 6.45) is 11.3. The first-order valence-corrected chi connectivity index (χ1v) is 21.5. The largest absolute Gasteiger partial charge is 0.456 e. The Kier molecular flexibility index (Phi) is 8.48. The fraction of sp³-hybridized carbons (Fsp3) is 0.345. The van der Waals surface area contributed by atoms with Crippen LogP contribution in [0, 0.1) is 13.8 Å². The molecule has 0 unspecified atom stereocenters. The van der Waals surface area contributed by atoms with E-state index in [-0.39, 0.29) is 10.8 Å². The van der Waals surface area contributed by atoms with Crippen LogP contribution in [0.2, 0.25) is 0 Å². The predicted octanol–water partition coefficient (Wildman–Crippen LogP) is 15.3. The first-order valence-electron chi connectivity index (χ1n) is 21.5. The second-order valence-electron chi connectivity index (χ2n) is 18.7. The molecule has 6 aromatic rings. The molecule has 0 saturated heterocycles. The van der Waals surface area contributed by atoms with Gasteiger partial charge in [0.1, 0.15) is 11.5 Å². The highest BCUT2D eigenvalue weighted by Crippen LogP contribution is 2.55. The number of aryl methyl sites for hydroxylation is 2. The number of para-hydroxylation sites is 1. The number of fused-ring (bicyclic) bond motifs is 4. The van der Waals surface area contributed by atoms with Gasteiger partial charge in [0, 0.05) is 27.5 Å². The molecule has 2 fully saturated rings. The molecular weight excluding hydrogens is 677 g/mol. The Labute approximate surface area is 335 Å². The van der Waals surface area contributed by atoms with E-state index < -0.39 is 0 Å². The maximum Gasteiger partial charge on any atom is 0.139 e. The molecule has 1 heteroatoms. The molecule has 0 radical (unpaired) electrons. The van der Waals surface area contributed by atoms with Gasteiger partial charge in [-0.2, -0.15) is 0 Å². The molecule has 1 nitrogen and oxygen atoms in total. The fourth-order valence-corrected chi connectivity index (χ4v) is 11.5. The van der Waals surface area contributed by atoms with Crippen LogP contribution in [-0.2, 0) is 17.3 Å². The summed E-state index contributed by atoms with van der Waals surface area (Å²) in [5, 5.41) is 0. The minimum atomic E-state index is -0.160. The third-order valence-electron chi connectivity index (χ3n) is 14.6. The molecule has 0 spiro atoms. The summed E-state index contributed by atoms with van der Waals surface area (Å²) in [4.78, 5) is 0. The number of rotatable bonds is 5. The molecule has 282 valence electrons. The van der Waals surface area contributed by atoms with Crippen LogP contribution in [0.15, 0.2) is 109 Å². The van der Waals surface area contributed by atoms with Crippen LogP contribution in [0.1, 0.15) is 147 Å². The standard InChI is InChI=1S/C55H56O/c1-34-23-25-39(51-41(36-15-7-8-16-36)27-29-47-45(51)31-38-19-11-12-20-46(38)54(47,3)4)32-43(34)44-33-40(26-24-35(44)2)52-42(37-17-9-10-18-37)28-30-49-53(52)56-50-22-14-13-21-48(50)55(49,5)6/h11-14,19-30,32-33,36-37H,7-10,15-18,31H2,1-6H3. The van der Waals surface area contributed by atoms with Gasteiger partial charge in [-0.25, -0.2) is 0 Å². The van der Waals surface area contributed by atoms with Gasteiger partial charge in [-0.3, -0.25) is 0 Å². The van der Waals surface area contributed by atoms with Crippen molar-refractivity contribution in [3.63, 3.8) is 0 Å². The molecule has 0 amide bonds. The van der Waals surface area contributed by atoms with E-state index in [1.165, 1.54) is 135 Å². The summed E-state index contributed by atoms with van der Waals surface area (Å²) in [6, 6.07) is 42.3. The second kappa shape index (κ2) is 13.4. The lowest BCUT2D eigenvalue weighted by molar-refractivity contribution is 0.418. The van der Waals surface area contributed by atoms with E-state index in [1.54, 1.807) is 5.56 Å². The van der Waals surface area contributed by atoms with E-state index in [1.807, 2.05) is 0 Å². The van der Waals surface area contributed by atoms with Crippen molar-refractivity contribution in [3.05, 3.63) is 165 Å². The van der Waals surface area contributed by atoms with Crippen LogP contribution in [0.3, 0.4) is 0 Å². The Bertz CT molecular complexity index is 2340. The topological polar surface area (TPSA) is 9.23 Å². The molecular formula is C55H56O. The molecule has 3 aliphatic carbocycles. The molecule has 2 saturated carbocycles. The van der Waals surface area contributed by atoms with Gasteiger partial charge in [-0.05, 0) is 148 Å². The number of hydrogen-bond donors (Lipinski definition) is 0. The summed E-state index contributed by atoms with van der Waals surface area (Å²) in [5.74, 6) is 3.22. The van der Waals surface area contributed by atoms with E-state index in [0.29, 0.717) is 11.8 Å². The van der Waals surface area contributed by atoms with E-state index >= 15 is 0 Å². The zero-order valence-corrected chi connectivity index (χ0v) is 34.3.